The van der Waals surface area contributed by atoms with E-state index in [1.54, 1.807) is 24.3 Å². The van der Waals surface area contributed by atoms with E-state index in [1.807, 2.05) is 11.0 Å². The van der Waals surface area contributed by atoms with Crippen molar-refractivity contribution in [1.29, 1.82) is 0 Å². The number of hydrogen-bond donors (Lipinski definition) is 3. The third-order valence-electron chi connectivity index (χ3n) is 4.70. The van der Waals surface area contributed by atoms with Crippen molar-refractivity contribution in [2.45, 2.75) is 25.2 Å². The van der Waals surface area contributed by atoms with Gasteiger partial charge in [-0.25, -0.2) is 0 Å². The molecule has 0 bridgehead atoms. The van der Waals surface area contributed by atoms with E-state index in [1.165, 1.54) is 0 Å². The molecule has 134 valence electrons. The third kappa shape index (κ3) is 3.05. The minimum atomic E-state index is -0.872. The number of para-hydroxylation sites is 1. The molecule has 0 aliphatic carbocycles. The highest BCUT2D eigenvalue weighted by Gasteiger charge is 2.35. The number of carbonyl (C=O) groups is 2. The number of aromatic nitrogens is 2. The van der Waals surface area contributed by atoms with Gasteiger partial charge in [-0.2, -0.15) is 4.98 Å². The summed E-state index contributed by atoms with van der Waals surface area (Å²) in [4.78, 5) is 46.6. The lowest BCUT2D eigenvalue weighted by Crippen LogP contribution is -2.37. The van der Waals surface area contributed by atoms with Gasteiger partial charge in [0.25, 0.3) is 5.56 Å². The molecule has 1 atom stereocenters. The smallest absolute Gasteiger partial charge is 0.258 e. The lowest BCUT2D eigenvalue weighted by molar-refractivity contribution is -0.123. The van der Waals surface area contributed by atoms with Crippen molar-refractivity contribution in [3.05, 3.63) is 46.2 Å². The molecule has 0 spiro atoms. The Kier molecular flexibility index (Phi) is 4.16. The topological polar surface area (TPSA) is 107 Å². The Labute approximate surface area is 149 Å². The Morgan fingerprint density at radius 3 is 2.62 bits per heavy atom. The molecule has 0 saturated carbocycles. The van der Waals surface area contributed by atoms with Crippen molar-refractivity contribution < 1.29 is 9.59 Å². The zero-order valence-corrected chi connectivity index (χ0v) is 14.1. The van der Waals surface area contributed by atoms with Crippen LogP contribution in [0.25, 0.3) is 0 Å². The van der Waals surface area contributed by atoms with Crippen LogP contribution in [-0.2, 0) is 9.59 Å². The number of fused-ring (bicyclic) bond motifs is 1. The number of amides is 2. The molecular weight excluding hydrogens is 334 g/mol. The molecule has 2 amide bonds. The minimum absolute atomic E-state index is 0.0838. The maximum atomic E-state index is 12.7. The maximum absolute atomic E-state index is 12.7. The summed E-state index contributed by atoms with van der Waals surface area (Å²) < 4.78 is 0. The lowest BCUT2D eigenvalue weighted by Gasteiger charge is -2.25. The van der Waals surface area contributed by atoms with Crippen LogP contribution >= 0.6 is 0 Å². The number of anilines is 3. The highest BCUT2D eigenvalue weighted by Crippen LogP contribution is 2.30. The van der Waals surface area contributed by atoms with Gasteiger partial charge in [0.15, 0.2) is 0 Å². The van der Waals surface area contributed by atoms with Crippen LogP contribution in [0, 0.1) is 0 Å². The Morgan fingerprint density at radius 2 is 1.88 bits per heavy atom. The van der Waals surface area contributed by atoms with Gasteiger partial charge >= 0.3 is 0 Å². The molecule has 1 unspecified atom stereocenters. The highest BCUT2D eigenvalue weighted by molar-refractivity contribution is 6.04. The Morgan fingerprint density at radius 1 is 1.15 bits per heavy atom. The number of nitrogens with zero attached hydrogens (tertiary/aromatic N) is 2. The second-order valence-corrected chi connectivity index (χ2v) is 6.51. The van der Waals surface area contributed by atoms with Crippen LogP contribution in [-0.4, -0.2) is 34.9 Å². The van der Waals surface area contributed by atoms with E-state index in [0.29, 0.717) is 11.6 Å². The zero-order chi connectivity index (χ0) is 18.1. The molecule has 8 nitrogen and oxygen atoms in total. The molecule has 4 rings (SSSR count). The number of benzene rings is 1. The lowest BCUT2D eigenvalue weighted by atomic mass is 9.92. The van der Waals surface area contributed by atoms with Crippen molar-refractivity contribution in [3.8, 4) is 0 Å². The van der Waals surface area contributed by atoms with E-state index in [0.717, 1.165) is 25.9 Å². The van der Waals surface area contributed by atoms with Crippen molar-refractivity contribution in [3.63, 3.8) is 0 Å². The Balaban J connectivity index is 1.67. The second kappa shape index (κ2) is 6.62. The van der Waals surface area contributed by atoms with Crippen LogP contribution in [0.5, 0.6) is 0 Å². The molecule has 1 fully saturated rings. The van der Waals surface area contributed by atoms with E-state index in [9.17, 15) is 14.4 Å². The van der Waals surface area contributed by atoms with Crippen LogP contribution in [0.3, 0.4) is 0 Å². The summed E-state index contributed by atoms with van der Waals surface area (Å²) in [5, 5.41) is 5.40. The quantitative estimate of drug-likeness (QED) is 0.774. The summed E-state index contributed by atoms with van der Waals surface area (Å²) in [5.74, 6) is -0.969. The summed E-state index contributed by atoms with van der Waals surface area (Å²) in [6.07, 6.45) is 1.99. The van der Waals surface area contributed by atoms with E-state index in [2.05, 4.69) is 20.6 Å². The van der Waals surface area contributed by atoms with Gasteiger partial charge in [0.05, 0.1) is 11.5 Å². The molecule has 2 aliphatic rings. The predicted octanol–water partition coefficient (Wildman–Crippen LogP) is 1.43. The van der Waals surface area contributed by atoms with E-state index < -0.39 is 11.8 Å². The average molecular weight is 353 g/mol. The van der Waals surface area contributed by atoms with Crippen LogP contribution in [0.1, 0.15) is 30.7 Å². The number of nitrogens with one attached hydrogen (secondary N) is 3. The second-order valence-electron chi connectivity index (χ2n) is 6.51. The van der Waals surface area contributed by atoms with Gasteiger partial charge in [-0.05, 0) is 25.0 Å². The molecule has 3 N–H and O–H groups in total. The summed E-state index contributed by atoms with van der Waals surface area (Å²) >= 11 is 0. The number of aromatic amines is 1. The maximum Gasteiger partial charge on any atom is 0.258 e. The first-order valence-electron chi connectivity index (χ1n) is 8.67. The number of H-pyrrole nitrogens is 1. The molecule has 1 aromatic carbocycles. The SMILES string of the molecule is O=C1CC(C(=O)Nc2ccccc2)c2c(nc(N3CCCC3)[nH]c2=O)N1. The summed E-state index contributed by atoms with van der Waals surface area (Å²) in [7, 11) is 0. The fraction of sp³-hybridized carbons (Fsp3) is 0.333. The first-order valence-corrected chi connectivity index (χ1v) is 8.67. The number of carbonyl (C=O) groups excluding carboxylic acids is 2. The number of rotatable bonds is 3. The minimum Gasteiger partial charge on any atom is -0.342 e. The average Bonchev–Trinajstić information content (AvgIpc) is 3.16. The van der Waals surface area contributed by atoms with E-state index in [-0.39, 0.29) is 29.3 Å². The van der Waals surface area contributed by atoms with Gasteiger partial charge in [-0.3, -0.25) is 19.4 Å². The monoisotopic (exact) mass is 353 g/mol. The summed E-state index contributed by atoms with van der Waals surface area (Å²) in [6, 6.07) is 8.94. The van der Waals surface area contributed by atoms with E-state index >= 15 is 0 Å². The zero-order valence-electron chi connectivity index (χ0n) is 14.1. The van der Waals surface area contributed by atoms with Crippen molar-refractivity contribution in [1.82, 2.24) is 9.97 Å². The van der Waals surface area contributed by atoms with Crippen LogP contribution in [0.2, 0.25) is 0 Å². The summed E-state index contributed by atoms with van der Waals surface area (Å²) in [6.45, 7) is 1.63. The molecule has 0 radical (unpaired) electrons. The van der Waals surface area contributed by atoms with Crippen molar-refractivity contribution >= 4 is 29.3 Å². The first-order chi connectivity index (χ1) is 12.6. The molecule has 1 saturated heterocycles. The van der Waals surface area contributed by atoms with Crippen molar-refractivity contribution in [2.75, 3.05) is 28.6 Å². The first kappa shape index (κ1) is 16.3. The van der Waals surface area contributed by atoms with Gasteiger partial charge in [0.2, 0.25) is 17.8 Å². The summed E-state index contributed by atoms with van der Waals surface area (Å²) in [5.41, 5.74) is 0.439. The third-order valence-corrected chi connectivity index (χ3v) is 4.70. The molecular formula is C18H19N5O3. The Bertz CT molecular complexity index is 903. The van der Waals surface area contributed by atoms with Gasteiger partial charge in [-0.1, -0.05) is 18.2 Å². The largest absolute Gasteiger partial charge is 0.342 e. The van der Waals surface area contributed by atoms with Gasteiger partial charge in [-0.15, -0.1) is 0 Å². The van der Waals surface area contributed by atoms with Gasteiger partial charge < -0.3 is 15.5 Å². The van der Waals surface area contributed by atoms with Crippen molar-refractivity contribution in [2.24, 2.45) is 0 Å². The normalized spacial score (nSPS) is 19.0. The van der Waals surface area contributed by atoms with Gasteiger partial charge in [0.1, 0.15) is 5.82 Å². The van der Waals surface area contributed by atoms with E-state index in [4.69, 9.17) is 0 Å². The molecule has 3 heterocycles. The fourth-order valence-electron chi connectivity index (χ4n) is 3.41. The standard InChI is InChI=1S/C18H19N5O3/c24-13-10-12(16(25)19-11-6-2-1-3-7-11)14-15(20-13)21-18(22-17(14)26)23-8-4-5-9-23/h1-3,6-7,12H,4-5,8-10H2,(H,19,25)(H2,20,21,22,24,26). The van der Waals surface area contributed by atoms with Gasteiger partial charge in [0, 0.05) is 25.2 Å². The Hall–Kier alpha value is -3.16. The predicted molar refractivity (Wildman–Crippen MR) is 97.4 cm³/mol. The molecule has 2 aromatic rings. The highest BCUT2D eigenvalue weighted by atomic mass is 16.2. The van der Waals surface area contributed by atoms with Crippen LogP contribution in [0.15, 0.2) is 35.1 Å². The number of hydrogen-bond acceptors (Lipinski definition) is 5. The molecule has 8 heteroatoms. The fourth-order valence-corrected chi connectivity index (χ4v) is 3.41. The van der Waals surface area contributed by atoms with Crippen LogP contribution in [0.4, 0.5) is 17.5 Å². The molecule has 1 aromatic heterocycles. The van der Waals surface area contributed by atoms with Crippen LogP contribution < -0.4 is 21.1 Å². The molecule has 26 heavy (non-hydrogen) atoms. The molecule has 2 aliphatic heterocycles.